The lowest BCUT2D eigenvalue weighted by Gasteiger charge is -2.18. The van der Waals surface area contributed by atoms with Crippen molar-refractivity contribution in [3.05, 3.63) is 0 Å². The molecule has 22 heavy (non-hydrogen) atoms. The Labute approximate surface area is 120 Å². The van der Waals surface area contributed by atoms with Gasteiger partial charge in [0, 0.05) is 0 Å². The summed E-state index contributed by atoms with van der Waals surface area (Å²) in [4.78, 5) is 57.0. The molecule has 0 bridgehead atoms. The highest BCUT2D eigenvalue weighted by Crippen LogP contribution is 2.15. The Morgan fingerprint density at radius 2 is 1.00 bits per heavy atom. The van der Waals surface area contributed by atoms with Crippen LogP contribution in [0.5, 0.6) is 0 Å². The van der Waals surface area contributed by atoms with Crippen LogP contribution in [0.25, 0.3) is 0 Å². The molecule has 0 aromatic carbocycles. The average molecular weight is 328 g/mol. The average Bonchev–Trinajstić information content (AvgIpc) is 2.27. The molecule has 13 nitrogen and oxygen atoms in total. The normalized spacial score (nSPS) is 8.95. The Morgan fingerprint density at radius 3 is 1.09 bits per heavy atom. The van der Waals surface area contributed by atoms with E-state index in [1.807, 2.05) is 0 Å². The van der Waals surface area contributed by atoms with Gasteiger partial charge in [0.15, 0.2) is 5.60 Å². The van der Waals surface area contributed by atoms with Crippen molar-refractivity contribution in [2.24, 2.45) is 0 Å². The summed E-state index contributed by atoms with van der Waals surface area (Å²) in [7, 11) is 0. The summed E-state index contributed by atoms with van der Waals surface area (Å²) >= 11 is 0. The van der Waals surface area contributed by atoms with E-state index < -0.39 is 48.3 Å². The Hall–Kier alpha value is -3.22. The third kappa shape index (κ3) is 14.8. The third-order valence-electron chi connectivity index (χ3n) is 1.47. The molecule has 0 aliphatic rings. The van der Waals surface area contributed by atoms with Crippen molar-refractivity contribution >= 4 is 36.3 Å². The maximum Gasteiger partial charge on any atom is 0.414 e. The summed E-state index contributed by atoms with van der Waals surface area (Å²) in [5.74, 6) is -8.67. The van der Waals surface area contributed by atoms with Crippen molar-refractivity contribution in [3.63, 3.8) is 0 Å². The van der Waals surface area contributed by atoms with E-state index in [2.05, 4.69) is 0 Å². The Kier molecular flexibility index (Phi) is 12.6. The number of aliphatic hydroxyl groups is 1. The predicted octanol–water partition coefficient (Wildman–Crippen LogP) is -2.39. The zero-order chi connectivity index (χ0) is 18.5. The van der Waals surface area contributed by atoms with Gasteiger partial charge < -0.3 is 35.7 Å². The molecule has 126 valence electrons. The summed E-state index contributed by atoms with van der Waals surface area (Å²) < 4.78 is 0. The fourth-order valence-electron chi connectivity index (χ4n) is 0.714. The van der Waals surface area contributed by atoms with E-state index in [-0.39, 0.29) is 6.47 Å². The molecule has 0 saturated carbocycles. The van der Waals surface area contributed by atoms with E-state index in [1.165, 1.54) is 0 Å². The van der Waals surface area contributed by atoms with Gasteiger partial charge in [0.05, 0.1) is 12.8 Å². The van der Waals surface area contributed by atoms with Crippen molar-refractivity contribution in [3.8, 4) is 0 Å². The molecule has 0 heterocycles. The van der Waals surface area contributed by atoms with E-state index in [1.54, 1.807) is 0 Å². The second-order valence-corrected chi connectivity index (χ2v) is 3.19. The number of rotatable bonds is 5. The second kappa shape index (κ2) is 11.6. The molecule has 0 aromatic heterocycles. The van der Waals surface area contributed by atoms with Gasteiger partial charge in [-0.3, -0.25) is 14.4 Å². The lowest BCUT2D eigenvalue weighted by molar-refractivity contribution is -0.170. The number of hydrogen-bond donors (Lipinski definition) is 7. The van der Waals surface area contributed by atoms with Gasteiger partial charge in [-0.1, -0.05) is 0 Å². The minimum atomic E-state index is -2.74. The molecule has 0 amide bonds. The molecule has 0 fully saturated rings. The molecule has 13 heteroatoms. The molecule has 0 rings (SSSR count). The van der Waals surface area contributed by atoms with Crippen molar-refractivity contribution in [1.82, 2.24) is 0 Å². The quantitative estimate of drug-likeness (QED) is 0.206. The number of carbonyl (C=O) groups is 6. The Balaban J connectivity index is -0.000000333. The maximum absolute atomic E-state index is 10.3. The van der Waals surface area contributed by atoms with E-state index in [9.17, 15) is 14.4 Å². The first-order valence-corrected chi connectivity index (χ1v) is 4.77. The van der Waals surface area contributed by atoms with E-state index in [0.717, 1.165) is 0 Å². The monoisotopic (exact) mass is 328 g/mol. The molecular weight excluding hydrogens is 316 g/mol. The minimum absolute atomic E-state index is 0.250. The van der Waals surface area contributed by atoms with Crippen LogP contribution < -0.4 is 0 Å². The van der Waals surface area contributed by atoms with Gasteiger partial charge >= 0.3 is 29.8 Å². The fourth-order valence-corrected chi connectivity index (χ4v) is 0.714. The molecule has 0 aliphatic heterocycles. The van der Waals surface area contributed by atoms with Crippen LogP contribution in [-0.2, 0) is 28.8 Å². The van der Waals surface area contributed by atoms with Crippen molar-refractivity contribution in [2.75, 3.05) is 0 Å². The molecule has 0 saturated heterocycles. The largest absolute Gasteiger partial charge is 0.483 e. The minimum Gasteiger partial charge on any atom is -0.483 e. The fraction of sp³-hybridized carbons (Fsp3) is 0.333. The van der Waals surface area contributed by atoms with Crippen LogP contribution in [0.1, 0.15) is 12.8 Å². The van der Waals surface area contributed by atoms with Gasteiger partial charge in [-0.25, -0.2) is 14.4 Å². The number of hydrogen-bond acceptors (Lipinski definition) is 7. The number of carboxylic acid groups (broad SMARTS) is 6. The molecule has 0 spiro atoms. The second-order valence-electron chi connectivity index (χ2n) is 3.19. The molecule has 0 radical (unpaired) electrons. The van der Waals surface area contributed by atoms with Gasteiger partial charge in [-0.05, 0) is 0 Å². The van der Waals surface area contributed by atoms with E-state index >= 15 is 0 Å². The lowest BCUT2D eigenvalue weighted by atomic mass is 9.96. The molecule has 0 aromatic rings. The SMILES string of the molecule is O=C(O)C(=O)O.O=C(O)CC(O)(CC(=O)O)C(=O)O.O=CO. The Morgan fingerprint density at radius 1 is 0.773 bits per heavy atom. The highest BCUT2D eigenvalue weighted by atomic mass is 16.4. The van der Waals surface area contributed by atoms with Crippen LogP contribution in [0.4, 0.5) is 0 Å². The van der Waals surface area contributed by atoms with Crippen LogP contribution in [0.15, 0.2) is 0 Å². The first-order chi connectivity index (χ1) is 9.83. The highest BCUT2D eigenvalue weighted by molar-refractivity contribution is 6.27. The predicted molar refractivity (Wildman–Crippen MR) is 61.1 cm³/mol. The lowest BCUT2D eigenvalue weighted by Crippen LogP contribution is -2.42. The van der Waals surface area contributed by atoms with Crippen LogP contribution in [0, 0.1) is 0 Å². The van der Waals surface area contributed by atoms with Crippen LogP contribution >= 0.6 is 0 Å². The summed E-state index contributed by atoms with van der Waals surface area (Å²) in [5.41, 5.74) is -2.74. The summed E-state index contributed by atoms with van der Waals surface area (Å²) in [6, 6.07) is 0. The van der Waals surface area contributed by atoms with Gasteiger partial charge in [0.1, 0.15) is 0 Å². The summed E-state index contributed by atoms with van der Waals surface area (Å²) in [6.07, 6.45) is -2.29. The van der Waals surface area contributed by atoms with Crippen molar-refractivity contribution < 1.29 is 64.5 Å². The Bertz CT molecular complexity index is 409. The topological polar surface area (TPSA) is 244 Å². The van der Waals surface area contributed by atoms with E-state index in [4.69, 9.17) is 50.1 Å². The van der Waals surface area contributed by atoms with Gasteiger partial charge in [0.25, 0.3) is 6.47 Å². The standard InChI is InChI=1S/C6H8O7.C2H2O4.CH2O2/c7-3(8)1-6(13,5(11)12)2-4(9)10;3-1(4)2(5)6;2-1-3/h13H,1-2H2,(H,7,8)(H,9,10)(H,11,12);(H,3,4)(H,5,6);1H,(H,2,3). The summed E-state index contributed by atoms with van der Waals surface area (Å²) in [6.45, 7) is -0.250. The molecule has 7 N–H and O–H groups in total. The van der Waals surface area contributed by atoms with Gasteiger partial charge in [-0.2, -0.15) is 0 Å². The maximum atomic E-state index is 10.3. The van der Waals surface area contributed by atoms with Crippen molar-refractivity contribution in [2.45, 2.75) is 18.4 Å². The highest BCUT2D eigenvalue weighted by Gasteiger charge is 2.40. The molecular formula is C9H12O13. The number of aliphatic carboxylic acids is 5. The zero-order valence-electron chi connectivity index (χ0n) is 10.6. The molecule has 0 atom stereocenters. The first kappa shape index (κ1) is 23.8. The zero-order valence-corrected chi connectivity index (χ0v) is 10.6. The molecule has 0 unspecified atom stereocenters. The van der Waals surface area contributed by atoms with Crippen LogP contribution in [0.2, 0.25) is 0 Å². The van der Waals surface area contributed by atoms with Crippen LogP contribution in [-0.4, -0.2) is 77.7 Å². The third-order valence-corrected chi connectivity index (χ3v) is 1.47. The molecule has 0 aliphatic carbocycles. The van der Waals surface area contributed by atoms with Gasteiger partial charge in [0.2, 0.25) is 0 Å². The van der Waals surface area contributed by atoms with Crippen molar-refractivity contribution in [1.29, 1.82) is 0 Å². The smallest absolute Gasteiger partial charge is 0.414 e. The number of carboxylic acids is 5. The first-order valence-electron chi connectivity index (χ1n) is 4.77. The van der Waals surface area contributed by atoms with Gasteiger partial charge in [-0.15, -0.1) is 0 Å². The summed E-state index contributed by atoms with van der Waals surface area (Å²) in [5, 5.41) is 55.5. The van der Waals surface area contributed by atoms with Crippen LogP contribution in [0.3, 0.4) is 0 Å². The van der Waals surface area contributed by atoms with E-state index in [0.29, 0.717) is 0 Å².